The quantitative estimate of drug-likeness (QED) is 0.174. The van der Waals surface area contributed by atoms with Crippen LogP contribution >= 0.6 is 0 Å². The molecular weight excluding hydrogens is 583 g/mol. The molecule has 226 valence electrons. The van der Waals surface area contributed by atoms with Crippen LogP contribution in [0.1, 0.15) is 0 Å². The van der Waals surface area contributed by atoms with Crippen LogP contribution in [0.3, 0.4) is 0 Å². The molecule has 0 amide bonds. The van der Waals surface area contributed by atoms with Crippen LogP contribution in [0, 0.1) is 0 Å². The minimum absolute atomic E-state index is 0.878. The third-order valence-corrected chi connectivity index (χ3v) is 9.25. The van der Waals surface area contributed by atoms with Crippen molar-refractivity contribution in [2.24, 2.45) is 0 Å². The fourth-order valence-corrected chi connectivity index (χ4v) is 6.86. The number of rotatable bonds is 6. The van der Waals surface area contributed by atoms with E-state index in [4.69, 9.17) is 4.42 Å². The highest BCUT2D eigenvalue weighted by Crippen LogP contribution is 2.43. The molecular formula is C46H31NO. The van der Waals surface area contributed by atoms with Crippen LogP contribution in [0.15, 0.2) is 192 Å². The van der Waals surface area contributed by atoms with Crippen molar-refractivity contribution in [3.8, 4) is 33.6 Å². The largest absolute Gasteiger partial charge is 0.456 e. The molecule has 0 saturated carbocycles. The smallest absolute Gasteiger partial charge is 0.135 e. The van der Waals surface area contributed by atoms with E-state index >= 15 is 0 Å². The first-order valence-electron chi connectivity index (χ1n) is 16.3. The van der Waals surface area contributed by atoms with E-state index in [1.807, 2.05) is 18.2 Å². The van der Waals surface area contributed by atoms with Gasteiger partial charge in [-0.15, -0.1) is 0 Å². The van der Waals surface area contributed by atoms with Gasteiger partial charge in [-0.3, -0.25) is 0 Å². The minimum Gasteiger partial charge on any atom is -0.456 e. The summed E-state index contributed by atoms with van der Waals surface area (Å²) in [6.07, 6.45) is 0. The summed E-state index contributed by atoms with van der Waals surface area (Å²) in [5.74, 6) is 0.878. The van der Waals surface area contributed by atoms with Gasteiger partial charge in [0, 0.05) is 27.7 Å². The Morgan fingerprint density at radius 2 is 0.875 bits per heavy atom. The topological polar surface area (TPSA) is 16.4 Å². The lowest BCUT2D eigenvalue weighted by Crippen LogP contribution is -2.10. The summed E-state index contributed by atoms with van der Waals surface area (Å²) in [5, 5.41) is 6.05. The van der Waals surface area contributed by atoms with E-state index in [2.05, 4.69) is 175 Å². The van der Waals surface area contributed by atoms with Crippen LogP contribution in [0.5, 0.6) is 0 Å². The second-order valence-electron chi connectivity index (χ2n) is 12.2. The van der Waals surface area contributed by atoms with Gasteiger partial charge in [0.05, 0.1) is 5.69 Å². The summed E-state index contributed by atoms with van der Waals surface area (Å²) >= 11 is 0. The Bertz CT molecular complexity index is 2510. The van der Waals surface area contributed by atoms with Gasteiger partial charge < -0.3 is 9.32 Å². The van der Waals surface area contributed by atoms with E-state index < -0.39 is 0 Å². The van der Waals surface area contributed by atoms with Crippen LogP contribution in [0.25, 0.3) is 66.1 Å². The Morgan fingerprint density at radius 3 is 1.60 bits per heavy atom. The van der Waals surface area contributed by atoms with Crippen molar-refractivity contribution in [2.75, 3.05) is 4.90 Å². The molecule has 0 unspecified atom stereocenters. The zero-order chi connectivity index (χ0) is 31.9. The van der Waals surface area contributed by atoms with Crippen molar-refractivity contribution in [1.29, 1.82) is 0 Å². The van der Waals surface area contributed by atoms with Crippen LogP contribution in [-0.4, -0.2) is 0 Å². The number of nitrogens with zero attached hydrogens (tertiary/aromatic N) is 1. The molecule has 0 bridgehead atoms. The molecule has 0 saturated heterocycles. The molecule has 0 atom stereocenters. The molecule has 48 heavy (non-hydrogen) atoms. The number of hydrogen-bond donors (Lipinski definition) is 0. The van der Waals surface area contributed by atoms with Crippen LogP contribution < -0.4 is 4.90 Å². The Labute approximate surface area is 279 Å². The fraction of sp³-hybridized carbons (Fsp3) is 0. The van der Waals surface area contributed by atoms with Gasteiger partial charge in [-0.25, -0.2) is 0 Å². The average molecular weight is 614 g/mol. The highest BCUT2D eigenvalue weighted by atomic mass is 16.3. The number of furan rings is 1. The molecule has 8 aromatic carbocycles. The summed E-state index contributed by atoms with van der Waals surface area (Å²) in [6, 6.07) is 67.0. The molecule has 9 aromatic rings. The van der Waals surface area contributed by atoms with E-state index in [0.29, 0.717) is 0 Å². The lowest BCUT2D eigenvalue weighted by Gasteiger charge is -2.28. The lowest BCUT2D eigenvalue weighted by atomic mass is 9.98. The highest BCUT2D eigenvalue weighted by Gasteiger charge is 2.18. The maximum absolute atomic E-state index is 6.19. The van der Waals surface area contributed by atoms with Crippen molar-refractivity contribution in [1.82, 2.24) is 0 Å². The molecule has 1 heterocycles. The van der Waals surface area contributed by atoms with Gasteiger partial charge in [-0.05, 0) is 86.9 Å². The third kappa shape index (κ3) is 5.01. The first kappa shape index (κ1) is 27.9. The van der Waals surface area contributed by atoms with Crippen molar-refractivity contribution < 1.29 is 4.42 Å². The third-order valence-electron chi connectivity index (χ3n) is 9.25. The summed E-state index contributed by atoms with van der Waals surface area (Å²) in [4.78, 5) is 2.39. The standard InChI is InChI=1S/C46H31NO/c1-2-11-32(12-3-1)33-21-25-39(26-22-33)47(44-30-36-13-4-6-17-41(36)42-18-7-8-19-43(42)44)40-27-23-34(24-28-40)35-15-10-16-37(29-35)46-31-38-14-5-9-20-45(38)48-46/h1-31H. The van der Waals surface area contributed by atoms with Gasteiger partial charge in [0.1, 0.15) is 11.3 Å². The highest BCUT2D eigenvalue weighted by molar-refractivity contribution is 6.14. The molecule has 0 fully saturated rings. The van der Waals surface area contributed by atoms with E-state index in [0.717, 1.165) is 50.5 Å². The Balaban J connectivity index is 1.15. The first-order valence-corrected chi connectivity index (χ1v) is 16.3. The predicted molar refractivity (Wildman–Crippen MR) is 202 cm³/mol. The van der Waals surface area contributed by atoms with E-state index in [9.17, 15) is 0 Å². The second kappa shape index (κ2) is 11.8. The van der Waals surface area contributed by atoms with Crippen molar-refractivity contribution in [3.63, 3.8) is 0 Å². The predicted octanol–water partition coefficient (Wildman–Crippen LogP) is 13.2. The zero-order valence-electron chi connectivity index (χ0n) is 26.3. The van der Waals surface area contributed by atoms with E-state index in [1.165, 1.54) is 32.7 Å². The molecule has 0 spiro atoms. The maximum atomic E-state index is 6.19. The van der Waals surface area contributed by atoms with Crippen molar-refractivity contribution >= 4 is 49.6 Å². The SMILES string of the molecule is c1ccc(-c2ccc(N(c3ccc(-c4cccc(-c5cc6ccccc6o5)c4)cc3)c3cc4ccccc4c4ccccc34)cc2)cc1. The Kier molecular flexibility index (Phi) is 6.84. The molecule has 2 nitrogen and oxygen atoms in total. The number of hydrogen-bond acceptors (Lipinski definition) is 2. The van der Waals surface area contributed by atoms with Crippen molar-refractivity contribution in [3.05, 3.63) is 188 Å². The van der Waals surface area contributed by atoms with Gasteiger partial charge in [0.2, 0.25) is 0 Å². The summed E-state index contributed by atoms with van der Waals surface area (Å²) in [5.41, 5.74) is 10.0. The molecule has 0 aliphatic heterocycles. The molecule has 0 radical (unpaired) electrons. The van der Waals surface area contributed by atoms with Crippen LogP contribution in [-0.2, 0) is 0 Å². The zero-order valence-corrected chi connectivity index (χ0v) is 26.3. The number of para-hydroxylation sites is 1. The normalized spacial score (nSPS) is 11.3. The van der Waals surface area contributed by atoms with Crippen molar-refractivity contribution in [2.45, 2.75) is 0 Å². The molecule has 2 heteroatoms. The molecule has 1 aromatic heterocycles. The van der Waals surface area contributed by atoms with Gasteiger partial charge in [0.15, 0.2) is 0 Å². The van der Waals surface area contributed by atoms with Crippen LogP contribution in [0.2, 0.25) is 0 Å². The first-order chi connectivity index (χ1) is 23.8. The molecule has 9 rings (SSSR count). The second-order valence-corrected chi connectivity index (χ2v) is 12.2. The van der Waals surface area contributed by atoms with Gasteiger partial charge >= 0.3 is 0 Å². The summed E-state index contributed by atoms with van der Waals surface area (Å²) < 4.78 is 6.19. The molecule has 0 N–H and O–H groups in total. The van der Waals surface area contributed by atoms with Gasteiger partial charge in [-0.1, -0.05) is 140 Å². The minimum atomic E-state index is 0.878. The number of fused-ring (bicyclic) bond motifs is 4. The molecule has 0 aliphatic rings. The number of benzene rings is 8. The average Bonchev–Trinajstić information content (AvgIpc) is 3.61. The van der Waals surface area contributed by atoms with Gasteiger partial charge in [0.25, 0.3) is 0 Å². The van der Waals surface area contributed by atoms with Crippen LogP contribution in [0.4, 0.5) is 17.1 Å². The van der Waals surface area contributed by atoms with E-state index in [1.54, 1.807) is 0 Å². The van der Waals surface area contributed by atoms with E-state index in [-0.39, 0.29) is 0 Å². The molecule has 0 aliphatic carbocycles. The Morgan fingerprint density at radius 1 is 0.333 bits per heavy atom. The van der Waals surface area contributed by atoms with Gasteiger partial charge in [-0.2, -0.15) is 0 Å². The lowest BCUT2D eigenvalue weighted by molar-refractivity contribution is 0.631. The fourth-order valence-electron chi connectivity index (χ4n) is 6.86. The summed E-state index contributed by atoms with van der Waals surface area (Å²) in [7, 11) is 0. The maximum Gasteiger partial charge on any atom is 0.135 e. The number of anilines is 3. The monoisotopic (exact) mass is 613 g/mol. The summed E-state index contributed by atoms with van der Waals surface area (Å²) in [6.45, 7) is 0. The Hall–Kier alpha value is -6.38.